The zero-order chi connectivity index (χ0) is 19.8. The lowest BCUT2D eigenvalue weighted by molar-refractivity contribution is -0.115. The first kappa shape index (κ1) is 18.2. The molecule has 4 rings (SSSR count). The Bertz CT molecular complexity index is 1070. The summed E-state index contributed by atoms with van der Waals surface area (Å²) < 4.78 is 1.76. The van der Waals surface area contributed by atoms with Gasteiger partial charge in [-0.3, -0.25) is 9.59 Å². The molecule has 0 saturated carbocycles. The second-order valence-electron chi connectivity index (χ2n) is 6.66. The second-order valence-corrected chi connectivity index (χ2v) is 8.04. The van der Waals surface area contributed by atoms with Crippen LogP contribution in [0.2, 0.25) is 0 Å². The summed E-state index contributed by atoms with van der Waals surface area (Å²) in [5, 5.41) is 9.93. The molecule has 0 aliphatic carbocycles. The zero-order valence-corrected chi connectivity index (χ0v) is 16.5. The van der Waals surface area contributed by atoms with Crippen molar-refractivity contribution in [3.05, 3.63) is 59.5 Å². The van der Waals surface area contributed by atoms with E-state index in [-0.39, 0.29) is 17.1 Å². The minimum Gasteiger partial charge on any atom is -0.324 e. The average molecular weight is 393 g/mol. The molecule has 1 aliphatic rings. The van der Waals surface area contributed by atoms with Crippen molar-refractivity contribution in [3.8, 4) is 5.82 Å². The van der Waals surface area contributed by atoms with Crippen LogP contribution in [0.5, 0.6) is 0 Å². The number of amides is 2. The summed E-state index contributed by atoms with van der Waals surface area (Å²) in [7, 11) is 0. The van der Waals surface area contributed by atoms with Crippen molar-refractivity contribution in [2.45, 2.75) is 30.9 Å². The number of nitrogens with zero attached hydrogens (tertiary/aromatic N) is 3. The smallest absolute Gasteiger partial charge is 0.255 e. The van der Waals surface area contributed by atoms with Crippen LogP contribution in [0.25, 0.3) is 5.82 Å². The van der Waals surface area contributed by atoms with E-state index in [1.165, 1.54) is 11.8 Å². The molecule has 28 heavy (non-hydrogen) atoms. The summed E-state index contributed by atoms with van der Waals surface area (Å²) in [6.07, 6.45) is 1.60. The van der Waals surface area contributed by atoms with E-state index in [9.17, 15) is 9.59 Å². The molecule has 142 valence electrons. The number of rotatable bonds is 3. The molecule has 8 heteroatoms. The fourth-order valence-corrected chi connectivity index (χ4v) is 3.93. The van der Waals surface area contributed by atoms with Gasteiger partial charge in [0.25, 0.3) is 5.91 Å². The first-order valence-corrected chi connectivity index (χ1v) is 9.71. The molecule has 3 aromatic rings. The number of aryl methyl sites for hydroxylation is 2. The van der Waals surface area contributed by atoms with E-state index in [4.69, 9.17) is 0 Å². The molecule has 2 amide bonds. The summed E-state index contributed by atoms with van der Waals surface area (Å²) in [6.45, 7) is 5.75. The largest absolute Gasteiger partial charge is 0.324 e. The summed E-state index contributed by atoms with van der Waals surface area (Å²) >= 11 is 1.48. The molecule has 1 unspecified atom stereocenters. The van der Waals surface area contributed by atoms with Crippen molar-refractivity contribution < 1.29 is 9.59 Å². The summed E-state index contributed by atoms with van der Waals surface area (Å²) in [6, 6.07) is 10.9. The third-order valence-electron chi connectivity index (χ3n) is 4.40. The fraction of sp³-hybridized carbons (Fsp3) is 0.200. The molecule has 7 nitrogen and oxygen atoms in total. The molecule has 0 spiro atoms. The Morgan fingerprint density at radius 1 is 1.21 bits per heavy atom. The standard InChI is InChI=1S/C20H19N5O2S/c1-11-8-12(2)25(24-11)18-7-5-15(10-21-18)22-20(27)14-4-6-17-16(9-14)23-19(26)13(3)28-17/h4-10,13H,1-3H3,(H,22,27)(H,23,26). The van der Waals surface area contributed by atoms with Crippen LogP contribution < -0.4 is 10.6 Å². The number of carbonyl (C=O) groups is 2. The van der Waals surface area contributed by atoms with E-state index in [2.05, 4.69) is 20.7 Å². The predicted molar refractivity (Wildman–Crippen MR) is 109 cm³/mol. The first-order chi connectivity index (χ1) is 13.4. The van der Waals surface area contributed by atoms with Crippen LogP contribution in [0.1, 0.15) is 28.7 Å². The van der Waals surface area contributed by atoms with E-state index in [1.807, 2.05) is 32.9 Å². The van der Waals surface area contributed by atoms with Crippen LogP contribution in [0.3, 0.4) is 0 Å². The van der Waals surface area contributed by atoms with E-state index >= 15 is 0 Å². The number of hydrogen-bond acceptors (Lipinski definition) is 5. The van der Waals surface area contributed by atoms with Crippen LogP contribution in [0, 0.1) is 13.8 Å². The number of anilines is 2. The van der Waals surface area contributed by atoms with Gasteiger partial charge in [0.2, 0.25) is 5.91 Å². The maximum Gasteiger partial charge on any atom is 0.255 e. The molecule has 3 heterocycles. The van der Waals surface area contributed by atoms with Crippen LogP contribution in [0.15, 0.2) is 47.5 Å². The highest BCUT2D eigenvalue weighted by atomic mass is 32.2. The number of fused-ring (bicyclic) bond motifs is 1. The Kier molecular flexibility index (Phi) is 4.64. The highest BCUT2D eigenvalue weighted by Crippen LogP contribution is 2.36. The molecule has 1 aromatic carbocycles. The summed E-state index contributed by atoms with van der Waals surface area (Å²) in [5.74, 6) is 0.367. The lowest BCUT2D eigenvalue weighted by Gasteiger charge is -2.21. The zero-order valence-electron chi connectivity index (χ0n) is 15.7. The van der Waals surface area contributed by atoms with Gasteiger partial charge in [0, 0.05) is 16.2 Å². The number of pyridine rings is 1. The molecular weight excluding hydrogens is 374 g/mol. The number of aromatic nitrogens is 3. The fourth-order valence-electron chi connectivity index (χ4n) is 3.00. The quantitative estimate of drug-likeness (QED) is 0.710. The predicted octanol–water partition coefficient (Wildman–Crippen LogP) is 3.57. The third-order valence-corrected chi connectivity index (χ3v) is 5.58. The van der Waals surface area contributed by atoms with Crippen molar-refractivity contribution >= 4 is 35.0 Å². The summed E-state index contributed by atoms with van der Waals surface area (Å²) in [4.78, 5) is 29.8. The number of hydrogen-bond donors (Lipinski definition) is 2. The lowest BCUT2D eigenvalue weighted by atomic mass is 10.1. The Hall–Kier alpha value is -3.13. The number of carbonyl (C=O) groups excluding carboxylic acids is 2. The van der Waals surface area contributed by atoms with Gasteiger partial charge in [0.05, 0.1) is 28.5 Å². The minimum absolute atomic E-state index is 0.0565. The van der Waals surface area contributed by atoms with Gasteiger partial charge in [-0.05, 0) is 57.2 Å². The Labute approximate surface area is 166 Å². The number of nitrogens with one attached hydrogen (secondary N) is 2. The molecule has 1 atom stereocenters. The second kappa shape index (κ2) is 7.12. The molecule has 0 bridgehead atoms. The van der Waals surface area contributed by atoms with Gasteiger partial charge in [-0.15, -0.1) is 11.8 Å². The lowest BCUT2D eigenvalue weighted by Crippen LogP contribution is -2.26. The number of thioether (sulfide) groups is 1. The SMILES string of the molecule is Cc1cc(C)n(-c2ccc(NC(=O)c3ccc4c(c3)NC(=O)C(C)S4)cn2)n1. The minimum atomic E-state index is -0.263. The highest BCUT2D eigenvalue weighted by Gasteiger charge is 2.23. The van der Waals surface area contributed by atoms with Crippen LogP contribution in [-0.4, -0.2) is 31.8 Å². The topological polar surface area (TPSA) is 88.9 Å². The van der Waals surface area contributed by atoms with E-state index in [0.717, 1.165) is 16.3 Å². The molecule has 1 aliphatic heterocycles. The molecular formula is C20H19N5O2S. The van der Waals surface area contributed by atoms with E-state index in [1.54, 1.807) is 35.1 Å². The van der Waals surface area contributed by atoms with Gasteiger partial charge >= 0.3 is 0 Å². The van der Waals surface area contributed by atoms with Crippen LogP contribution in [-0.2, 0) is 4.79 Å². The van der Waals surface area contributed by atoms with Crippen LogP contribution in [0.4, 0.5) is 11.4 Å². The maximum absolute atomic E-state index is 12.6. The van der Waals surface area contributed by atoms with Gasteiger partial charge in [0.15, 0.2) is 5.82 Å². The Morgan fingerprint density at radius 2 is 2.04 bits per heavy atom. The molecule has 2 N–H and O–H groups in total. The van der Waals surface area contributed by atoms with Gasteiger partial charge < -0.3 is 10.6 Å². The monoisotopic (exact) mass is 393 g/mol. The van der Waals surface area contributed by atoms with Gasteiger partial charge in [-0.1, -0.05) is 0 Å². The molecule has 0 saturated heterocycles. The van der Waals surface area contributed by atoms with Crippen molar-refractivity contribution in [1.82, 2.24) is 14.8 Å². The van der Waals surface area contributed by atoms with Crippen molar-refractivity contribution in [2.75, 3.05) is 10.6 Å². The van der Waals surface area contributed by atoms with Gasteiger partial charge in [-0.25, -0.2) is 9.67 Å². The number of benzene rings is 1. The average Bonchev–Trinajstić information content (AvgIpc) is 3.01. The molecule has 0 radical (unpaired) electrons. The normalized spacial score (nSPS) is 15.7. The highest BCUT2D eigenvalue weighted by molar-refractivity contribution is 8.00. The van der Waals surface area contributed by atoms with Crippen molar-refractivity contribution in [2.24, 2.45) is 0 Å². The maximum atomic E-state index is 12.6. The first-order valence-electron chi connectivity index (χ1n) is 8.83. The van der Waals surface area contributed by atoms with Gasteiger partial charge in [0.1, 0.15) is 0 Å². The third kappa shape index (κ3) is 3.50. The Morgan fingerprint density at radius 3 is 2.71 bits per heavy atom. The van der Waals surface area contributed by atoms with E-state index in [0.29, 0.717) is 22.8 Å². The summed E-state index contributed by atoms with van der Waals surface area (Å²) in [5.41, 5.74) is 3.63. The van der Waals surface area contributed by atoms with E-state index < -0.39 is 0 Å². The van der Waals surface area contributed by atoms with Crippen molar-refractivity contribution in [3.63, 3.8) is 0 Å². The van der Waals surface area contributed by atoms with Crippen LogP contribution >= 0.6 is 11.8 Å². The Balaban J connectivity index is 1.50. The molecule has 0 fully saturated rings. The van der Waals surface area contributed by atoms with Gasteiger partial charge in [-0.2, -0.15) is 5.10 Å². The van der Waals surface area contributed by atoms with Crippen molar-refractivity contribution in [1.29, 1.82) is 0 Å². The molecule has 2 aromatic heterocycles.